The molecule has 0 heterocycles. The third-order valence-corrected chi connectivity index (χ3v) is 3.92. The number of nitrogens with zero attached hydrogens (tertiary/aromatic N) is 1. The Balaban J connectivity index is 0. The Morgan fingerprint density at radius 2 is 1.43 bits per heavy atom. The summed E-state index contributed by atoms with van der Waals surface area (Å²) in [5.41, 5.74) is 0. The Hall–Kier alpha value is 0.340. The van der Waals surface area contributed by atoms with Gasteiger partial charge < -0.3 is 10.1 Å². The van der Waals surface area contributed by atoms with Gasteiger partial charge in [0.2, 0.25) is 0 Å². The van der Waals surface area contributed by atoms with E-state index in [-0.39, 0.29) is 29.6 Å². The van der Waals surface area contributed by atoms with Crippen LogP contribution in [0.2, 0.25) is 0 Å². The molecule has 0 fully saturated rings. The second-order valence-corrected chi connectivity index (χ2v) is 6.62. The van der Waals surface area contributed by atoms with Gasteiger partial charge in [-0.2, -0.15) is 8.42 Å². The second-order valence-electron chi connectivity index (χ2n) is 5.57. The molecule has 0 aromatic carbocycles. The average Bonchev–Trinajstić information content (AvgIpc) is 2.42. The van der Waals surface area contributed by atoms with Crippen molar-refractivity contribution in [3.63, 3.8) is 0 Å². The van der Waals surface area contributed by atoms with Crippen molar-refractivity contribution in [2.75, 3.05) is 6.54 Å². The molecule has 0 aromatic heterocycles. The topological polar surface area (TPSA) is 94.8 Å². The van der Waals surface area contributed by atoms with Crippen LogP contribution in [0.1, 0.15) is 78.1 Å². The van der Waals surface area contributed by atoms with Gasteiger partial charge >= 0.3 is 40.0 Å². The van der Waals surface area contributed by atoms with Gasteiger partial charge in [0.15, 0.2) is 0 Å². The second kappa shape index (κ2) is 15.8. The fourth-order valence-corrected chi connectivity index (χ4v) is 2.59. The smallest absolute Gasteiger partial charge is 0.651 e. The summed E-state index contributed by atoms with van der Waals surface area (Å²) in [4.78, 5) is 11.4. The molecule has 0 aliphatic heterocycles. The zero-order valence-corrected chi connectivity index (χ0v) is 17.6. The van der Waals surface area contributed by atoms with Crippen molar-refractivity contribution in [1.82, 2.24) is 0 Å². The van der Waals surface area contributed by atoms with Gasteiger partial charge in [0, 0.05) is 0 Å². The number of carbonyl (C=O) groups excluding carboxylic acids is 1. The van der Waals surface area contributed by atoms with Crippen LogP contribution in [0, 0.1) is 0 Å². The quantitative estimate of drug-likeness (QED) is 0.284. The number of unbranched alkanes of at least 4 members (excludes halogenated alkanes) is 9. The molecule has 0 aliphatic rings. The van der Waals surface area contributed by atoms with Crippen LogP contribution in [0.15, 0.2) is 0 Å². The third kappa shape index (κ3) is 18.5. The van der Waals surface area contributed by atoms with E-state index in [4.69, 9.17) is 4.55 Å². The molecular weight excluding hydrogens is 329 g/mol. The molecule has 1 atom stereocenters. The Morgan fingerprint density at radius 3 is 1.87 bits per heavy atom. The zero-order chi connectivity index (χ0) is 16.8. The molecule has 1 unspecified atom stereocenters. The minimum atomic E-state index is -4.60. The summed E-state index contributed by atoms with van der Waals surface area (Å²) >= 11 is 0. The van der Waals surface area contributed by atoms with Crippen LogP contribution in [0.4, 0.5) is 0 Å². The molecule has 23 heavy (non-hydrogen) atoms. The van der Waals surface area contributed by atoms with E-state index in [9.17, 15) is 13.2 Å². The molecule has 132 valence electrons. The maximum absolute atomic E-state index is 11.4. The van der Waals surface area contributed by atoms with Crippen molar-refractivity contribution in [2.45, 2.75) is 84.2 Å². The van der Waals surface area contributed by atoms with E-state index >= 15 is 0 Å². The SMILES string of the molecule is CCCCCCCCCCCC[N-]C(=O)C(C)OS(=O)(=O)O.[Na+]. The number of amides is 1. The first-order valence-electron chi connectivity index (χ1n) is 8.24. The molecule has 0 aliphatic carbocycles. The maximum Gasteiger partial charge on any atom is 1.00 e. The summed E-state index contributed by atoms with van der Waals surface area (Å²) in [6.07, 6.45) is 10.7. The molecule has 0 saturated carbocycles. The van der Waals surface area contributed by atoms with Crippen LogP contribution in [0.5, 0.6) is 0 Å². The molecule has 6 nitrogen and oxygen atoms in total. The molecule has 0 rings (SSSR count). The van der Waals surface area contributed by atoms with Crippen LogP contribution in [0.3, 0.4) is 0 Å². The molecule has 8 heteroatoms. The summed E-state index contributed by atoms with van der Waals surface area (Å²) < 4.78 is 33.5. The minimum absolute atomic E-state index is 0. The molecule has 1 N–H and O–H groups in total. The largest absolute Gasteiger partial charge is 1.00 e. The Morgan fingerprint density at radius 1 is 1.00 bits per heavy atom. The number of rotatable bonds is 14. The molecule has 1 amide bonds. The van der Waals surface area contributed by atoms with E-state index in [0.29, 0.717) is 6.54 Å². The predicted octanol–water partition coefficient (Wildman–Crippen LogP) is 1.02. The standard InChI is InChI=1S/C15H31NO5S.Na/c1-3-4-5-6-7-8-9-10-11-12-13-16-15(17)14(2)21-22(18,19)20;/h14H,3-13H2,1-2H3,(H2,16,17,18,19,20);/q;+1/p-1. The van der Waals surface area contributed by atoms with Crippen LogP contribution >= 0.6 is 0 Å². The van der Waals surface area contributed by atoms with Gasteiger partial charge in [-0.3, -0.25) is 4.55 Å². The number of hydrogen-bond donors (Lipinski definition) is 1. The Kier molecular flexibility index (Phi) is 17.6. The van der Waals surface area contributed by atoms with Crippen molar-refractivity contribution >= 4 is 16.3 Å². The van der Waals surface area contributed by atoms with Crippen molar-refractivity contribution in [1.29, 1.82) is 0 Å². The normalized spacial score (nSPS) is 12.5. The molecular formula is C15H30NNaO5S. The van der Waals surface area contributed by atoms with Crippen molar-refractivity contribution in [2.24, 2.45) is 0 Å². The molecule has 0 bridgehead atoms. The molecule has 0 radical (unpaired) electrons. The van der Waals surface area contributed by atoms with Gasteiger partial charge in [0.05, 0.1) is 5.91 Å². The van der Waals surface area contributed by atoms with E-state index in [1.54, 1.807) is 0 Å². The first kappa shape index (κ1) is 25.6. The average molecular weight is 359 g/mol. The molecule has 0 saturated heterocycles. The van der Waals surface area contributed by atoms with Gasteiger partial charge in [-0.15, -0.1) is 6.54 Å². The van der Waals surface area contributed by atoms with Crippen molar-refractivity contribution < 1.29 is 51.5 Å². The van der Waals surface area contributed by atoms with E-state index in [2.05, 4.69) is 16.4 Å². The monoisotopic (exact) mass is 359 g/mol. The Labute approximate surface area is 163 Å². The van der Waals surface area contributed by atoms with Gasteiger partial charge in [-0.25, -0.2) is 4.18 Å². The molecule has 0 aromatic rings. The number of hydrogen-bond acceptors (Lipinski definition) is 4. The van der Waals surface area contributed by atoms with Gasteiger partial charge in [-0.1, -0.05) is 71.1 Å². The summed E-state index contributed by atoms with van der Waals surface area (Å²) in [5.74, 6) is -0.659. The maximum atomic E-state index is 11.4. The van der Waals surface area contributed by atoms with Crippen molar-refractivity contribution in [3.8, 4) is 0 Å². The van der Waals surface area contributed by atoms with E-state index in [0.717, 1.165) is 19.3 Å². The van der Waals surface area contributed by atoms with Gasteiger partial charge in [0.25, 0.3) is 0 Å². The van der Waals surface area contributed by atoms with Gasteiger partial charge in [-0.05, 0) is 6.92 Å². The molecule has 0 spiro atoms. The summed E-state index contributed by atoms with van der Waals surface area (Å²) in [7, 11) is -4.60. The summed E-state index contributed by atoms with van der Waals surface area (Å²) in [6.45, 7) is 3.83. The van der Waals surface area contributed by atoms with E-state index in [1.807, 2.05) is 0 Å². The third-order valence-electron chi connectivity index (χ3n) is 3.39. The van der Waals surface area contributed by atoms with Crippen LogP contribution in [0.25, 0.3) is 5.32 Å². The van der Waals surface area contributed by atoms with Gasteiger partial charge in [0.1, 0.15) is 6.10 Å². The summed E-state index contributed by atoms with van der Waals surface area (Å²) in [6, 6.07) is 0. The fourth-order valence-electron chi connectivity index (χ4n) is 2.14. The summed E-state index contributed by atoms with van der Waals surface area (Å²) in [5, 5.41) is 3.74. The van der Waals surface area contributed by atoms with Crippen molar-refractivity contribution in [3.05, 3.63) is 5.32 Å². The number of carbonyl (C=O) groups is 1. The Bertz CT molecular complexity index is 389. The van der Waals surface area contributed by atoms with Crippen LogP contribution < -0.4 is 29.6 Å². The van der Waals surface area contributed by atoms with E-state index in [1.165, 1.54) is 51.9 Å². The van der Waals surface area contributed by atoms with Crippen LogP contribution in [-0.4, -0.2) is 31.5 Å². The minimum Gasteiger partial charge on any atom is -0.651 e. The first-order valence-corrected chi connectivity index (χ1v) is 9.60. The van der Waals surface area contributed by atoms with Crippen LogP contribution in [-0.2, 0) is 19.4 Å². The zero-order valence-electron chi connectivity index (χ0n) is 14.8. The first-order chi connectivity index (χ1) is 10.4. The van der Waals surface area contributed by atoms with E-state index < -0.39 is 22.4 Å². The predicted molar refractivity (Wildman–Crippen MR) is 87.2 cm³/mol. The fraction of sp³-hybridized carbons (Fsp3) is 0.933.